The quantitative estimate of drug-likeness (QED) is 0.683. The van der Waals surface area contributed by atoms with E-state index in [0.29, 0.717) is 10.6 Å². The third-order valence-corrected chi connectivity index (χ3v) is 4.11. The van der Waals surface area contributed by atoms with Gasteiger partial charge in [0.2, 0.25) is 0 Å². The summed E-state index contributed by atoms with van der Waals surface area (Å²) in [4.78, 5) is 12.3. The third-order valence-electron chi connectivity index (χ3n) is 3.80. The molecule has 0 saturated heterocycles. The number of carbonyl (C=O) groups is 1. The van der Waals surface area contributed by atoms with Crippen LogP contribution >= 0.6 is 11.6 Å². The standard InChI is InChI=1S/C20H16ClNO2/c1-13-7-8-16(15-9-10-19(23)17(21)11-15)12-18(13)22-20(24)14-5-3-2-4-6-14/h2-12,23H,1H3,(H,22,24). The first kappa shape index (κ1) is 16.1. The number of phenolic OH excluding ortho intramolecular Hbond substituents is 1. The predicted octanol–water partition coefficient (Wildman–Crippen LogP) is 5.27. The molecule has 120 valence electrons. The first-order chi connectivity index (χ1) is 11.5. The number of carbonyl (C=O) groups excluding carboxylic acids is 1. The molecule has 0 radical (unpaired) electrons. The Morgan fingerprint density at radius 2 is 1.62 bits per heavy atom. The zero-order valence-corrected chi connectivity index (χ0v) is 13.8. The van der Waals surface area contributed by atoms with E-state index in [4.69, 9.17) is 11.6 Å². The molecule has 3 nitrogen and oxygen atoms in total. The molecule has 0 aliphatic heterocycles. The van der Waals surface area contributed by atoms with Crippen LogP contribution in [0, 0.1) is 6.92 Å². The van der Waals surface area contributed by atoms with Crippen LogP contribution < -0.4 is 5.32 Å². The second-order valence-electron chi connectivity index (χ2n) is 5.52. The monoisotopic (exact) mass is 337 g/mol. The Hall–Kier alpha value is -2.78. The average molecular weight is 338 g/mol. The molecule has 24 heavy (non-hydrogen) atoms. The number of phenols is 1. The third kappa shape index (κ3) is 3.42. The van der Waals surface area contributed by atoms with Crippen molar-refractivity contribution in [2.24, 2.45) is 0 Å². The van der Waals surface area contributed by atoms with Gasteiger partial charge in [-0.15, -0.1) is 0 Å². The molecule has 0 heterocycles. The zero-order chi connectivity index (χ0) is 17.1. The van der Waals surface area contributed by atoms with E-state index in [1.54, 1.807) is 30.3 Å². The minimum Gasteiger partial charge on any atom is -0.506 e. The Balaban J connectivity index is 1.92. The number of amides is 1. The second-order valence-corrected chi connectivity index (χ2v) is 5.92. The summed E-state index contributed by atoms with van der Waals surface area (Å²) in [6.45, 7) is 1.94. The van der Waals surface area contributed by atoms with Crippen LogP contribution in [0.5, 0.6) is 5.75 Å². The van der Waals surface area contributed by atoms with Gasteiger partial charge in [0.1, 0.15) is 5.75 Å². The van der Waals surface area contributed by atoms with Gasteiger partial charge in [0.25, 0.3) is 5.91 Å². The lowest BCUT2D eigenvalue weighted by Crippen LogP contribution is -2.12. The molecule has 2 N–H and O–H groups in total. The Bertz CT molecular complexity index is 891. The predicted molar refractivity (Wildman–Crippen MR) is 97.7 cm³/mol. The van der Waals surface area contributed by atoms with Crippen molar-refractivity contribution in [3.63, 3.8) is 0 Å². The maximum absolute atomic E-state index is 12.3. The highest BCUT2D eigenvalue weighted by Gasteiger charge is 2.09. The van der Waals surface area contributed by atoms with Gasteiger partial charge in [-0.05, 0) is 53.9 Å². The molecule has 0 saturated carbocycles. The van der Waals surface area contributed by atoms with Gasteiger partial charge in [-0.25, -0.2) is 0 Å². The zero-order valence-electron chi connectivity index (χ0n) is 13.1. The van der Waals surface area contributed by atoms with Gasteiger partial charge < -0.3 is 10.4 Å². The second kappa shape index (κ2) is 6.77. The maximum Gasteiger partial charge on any atom is 0.255 e. The minimum absolute atomic E-state index is 0.0464. The van der Waals surface area contributed by atoms with Crippen LogP contribution in [-0.4, -0.2) is 11.0 Å². The number of halogens is 1. The van der Waals surface area contributed by atoms with Gasteiger partial charge in [0.05, 0.1) is 5.02 Å². The highest BCUT2D eigenvalue weighted by Crippen LogP contribution is 2.31. The largest absolute Gasteiger partial charge is 0.506 e. The molecule has 0 bridgehead atoms. The topological polar surface area (TPSA) is 49.3 Å². The summed E-state index contributed by atoms with van der Waals surface area (Å²) in [6.07, 6.45) is 0. The highest BCUT2D eigenvalue weighted by molar-refractivity contribution is 6.32. The van der Waals surface area contributed by atoms with Gasteiger partial charge in [-0.1, -0.05) is 48.0 Å². The van der Waals surface area contributed by atoms with Gasteiger partial charge in [-0.3, -0.25) is 4.79 Å². The number of aryl methyl sites for hydroxylation is 1. The molecule has 0 fully saturated rings. The van der Waals surface area contributed by atoms with Gasteiger partial charge in [0, 0.05) is 11.3 Å². The summed E-state index contributed by atoms with van der Waals surface area (Å²) in [5, 5.41) is 12.8. The molecule has 0 unspecified atom stereocenters. The van der Waals surface area contributed by atoms with E-state index in [1.807, 2.05) is 43.3 Å². The van der Waals surface area contributed by atoms with Crippen LogP contribution in [0.3, 0.4) is 0 Å². The normalized spacial score (nSPS) is 10.4. The van der Waals surface area contributed by atoms with Gasteiger partial charge in [0.15, 0.2) is 0 Å². The van der Waals surface area contributed by atoms with Crippen LogP contribution in [0.15, 0.2) is 66.7 Å². The van der Waals surface area contributed by atoms with E-state index in [0.717, 1.165) is 22.4 Å². The number of hydrogen-bond donors (Lipinski definition) is 2. The summed E-state index contributed by atoms with van der Waals surface area (Å²) in [7, 11) is 0. The molecule has 4 heteroatoms. The van der Waals surface area contributed by atoms with E-state index >= 15 is 0 Å². The molecule has 0 aliphatic carbocycles. The van der Waals surface area contributed by atoms with Crippen molar-refractivity contribution in [3.8, 4) is 16.9 Å². The smallest absolute Gasteiger partial charge is 0.255 e. The van der Waals surface area contributed by atoms with Crippen LogP contribution in [0.2, 0.25) is 5.02 Å². The fourth-order valence-electron chi connectivity index (χ4n) is 2.41. The average Bonchev–Trinajstić information content (AvgIpc) is 2.60. The van der Waals surface area contributed by atoms with E-state index < -0.39 is 0 Å². The molecule has 3 rings (SSSR count). The summed E-state index contributed by atoms with van der Waals surface area (Å²) in [5.41, 5.74) is 4.09. The van der Waals surface area contributed by atoms with Crippen molar-refractivity contribution >= 4 is 23.2 Å². The number of nitrogens with one attached hydrogen (secondary N) is 1. The molecule has 0 spiro atoms. The van der Waals surface area contributed by atoms with Crippen molar-refractivity contribution < 1.29 is 9.90 Å². The first-order valence-corrected chi connectivity index (χ1v) is 7.88. The molecule has 3 aromatic carbocycles. The van der Waals surface area contributed by atoms with Crippen LogP contribution in [0.4, 0.5) is 5.69 Å². The molecular weight excluding hydrogens is 322 g/mol. The molecule has 0 aliphatic rings. The van der Waals surface area contributed by atoms with E-state index in [9.17, 15) is 9.90 Å². The van der Waals surface area contributed by atoms with Crippen molar-refractivity contribution in [2.75, 3.05) is 5.32 Å². The van der Waals surface area contributed by atoms with Gasteiger partial charge in [-0.2, -0.15) is 0 Å². The Labute approximate surface area is 145 Å². The molecule has 0 aromatic heterocycles. The van der Waals surface area contributed by atoms with Crippen LogP contribution in [0.25, 0.3) is 11.1 Å². The fourth-order valence-corrected chi connectivity index (χ4v) is 2.59. The lowest BCUT2D eigenvalue weighted by Gasteiger charge is -2.11. The lowest BCUT2D eigenvalue weighted by molar-refractivity contribution is 0.102. The fraction of sp³-hybridized carbons (Fsp3) is 0.0500. The lowest BCUT2D eigenvalue weighted by atomic mass is 10.0. The SMILES string of the molecule is Cc1ccc(-c2ccc(O)c(Cl)c2)cc1NC(=O)c1ccccc1. The first-order valence-electron chi connectivity index (χ1n) is 7.50. The summed E-state index contributed by atoms with van der Waals surface area (Å²) in [6, 6.07) is 19.9. The summed E-state index contributed by atoms with van der Waals surface area (Å²) >= 11 is 5.98. The Morgan fingerprint density at radius 1 is 0.958 bits per heavy atom. The summed E-state index contributed by atoms with van der Waals surface area (Å²) in [5.74, 6) is -0.107. The van der Waals surface area contributed by atoms with Gasteiger partial charge >= 0.3 is 0 Å². The molecule has 1 amide bonds. The van der Waals surface area contributed by atoms with Crippen LogP contribution in [-0.2, 0) is 0 Å². The summed E-state index contributed by atoms with van der Waals surface area (Å²) < 4.78 is 0. The highest BCUT2D eigenvalue weighted by atomic mass is 35.5. The number of anilines is 1. The van der Waals surface area contributed by atoms with Crippen molar-refractivity contribution in [1.82, 2.24) is 0 Å². The van der Waals surface area contributed by atoms with Crippen molar-refractivity contribution in [1.29, 1.82) is 0 Å². The number of benzene rings is 3. The van der Waals surface area contributed by atoms with E-state index in [-0.39, 0.29) is 11.7 Å². The van der Waals surface area contributed by atoms with E-state index in [2.05, 4.69) is 5.32 Å². The number of hydrogen-bond acceptors (Lipinski definition) is 2. The number of rotatable bonds is 3. The maximum atomic E-state index is 12.3. The molecule has 3 aromatic rings. The van der Waals surface area contributed by atoms with E-state index in [1.165, 1.54) is 0 Å². The Kier molecular flexibility index (Phi) is 4.54. The van der Waals surface area contributed by atoms with Crippen molar-refractivity contribution in [2.45, 2.75) is 6.92 Å². The van der Waals surface area contributed by atoms with Crippen LogP contribution in [0.1, 0.15) is 15.9 Å². The minimum atomic E-state index is -0.153. The Morgan fingerprint density at radius 3 is 2.33 bits per heavy atom. The number of aromatic hydroxyl groups is 1. The molecular formula is C20H16ClNO2. The molecule has 0 atom stereocenters. The van der Waals surface area contributed by atoms with Crippen molar-refractivity contribution in [3.05, 3.63) is 82.9 Å².